The molecule has 0 atom stereocenters. The fraction of sp³-hybridized carbons (Fsp3) is 0.300. The summed E-state index contributed by atoms with van der Waals surface area (Å²) in [5.74, 6) is 0. The van der Waals surface area contributed by atoms with E-state index in [0.717, 1.165) is 0 Å². The van der Waals surface area contributed by atoms with Crippen molar-refractivity contribution < 1.29 is 25.3 Å². The average Bonchev–Trinajstić information content (AvgIpc) is 2.53. The summed E-state index contributed by atoms with van der Waals surface area (Å²) in [5, 5.41) is 39.7. The van der Waals surface area contributed by atoms with E-state index in [1.54, 1.807) is 27.7 Å². The van der Waals surface area contributed by atoms with Gasteiger partial charge in [0.15, 0.2) is 0 Å². The Morgan fingerprint density at radius 1 is 0.615 bits per heavy atom. The van der Waals surface area contributed by atoms with E-state index in [4.69, 9.17) is 25.3 Å². The minimum absolute atomic E-state index is 1.01. The van der Waals surface area contributed by atoms with Crippen molar-refractivity contribution in [1.29, 1.82) is 0 Å². The van der Waals surface area contributed by atoms with Gasteiger partial charge in [-0.3, -0.25) is 0 Å². The van der Waals surface area contributed by atoms with Crippen LogP contribution in [0.25, 0.3) is 12.2 Å². The van der Waals surface area contributed by atoms with Gasteiger partial charge in [-0.05, 0) is 38.8 Å². The minimum Gasteiger partial charge on any atom is -0.402 e. The molecule has 6 heteroatoms. The second-order valence-electron chi connectivity index (χ2n) is 6.62. The van der Waals surface area contributed by atoms with Crippen LogP contribution < -0.4 is 0 Å². The molecule has 0 fully saturated rings. The van der Waals surface area contributed by atoms with E-state index < -0.39 is 18.5 Å². The molecule has 0 unspecified atom stereocenters. The van der Waals surface area contributed by atoms with Crippen molar-refractivity contribution in [2.24, 2.45) is 0 Å². The molecule has 0 amide bonds. The molecule has 0 radical (unpaired) electrons. The zero-order valence-corrected chi connectivity index (χ0v) is 15.7. The van der Waals surface area contributed by atoms with Crippen molar-refractivity contribution >= 4 is 19.5 Å². The van der Waals surface area contributed by atoms with Crippen LogP contribution in [0.1, 0.15) is 38.8 Å². The first-order valence-corrected chi connectivity index (χ1v) is 8.20. The molecule has 142 valence electrons. The summed E-state index contributed by atoms with van der Waals surface area (Å²) in [6, 6.07) is 20.6. The second kappa shape index (κ2) is 11.6. The maximum atomic E-state index is 9.10. The molecule has 2 aromatic carbocycles. The molecule has 0 aliphatic carbocycles. The van der Waals surface area contributed by atoms with Crippen molar-refractivity contribution in [1.82, 2.24) is 0 Å². The number of aliphatic hydroxyl groups is 2. The summed E-state index contributed by atoms with van der Waals surface area (Å²) >= 11 is 0. The van der Waals surface area contributed by atoms with Crippen LogP contribution in [0.3, 0.4) is 0 Å². The van der Waals surface area contributed by atoms with Crippen molar-refractivity contribution in [2.45, 2.75) is 38.9 Å². The van der Waals surface area contributed by atoms with Crippen LogP contribution in [0.2, 0.25) is 0 Å². The normalized spacial score (nSPS) is 11.1. The van der Waals surface area contributed by atoms with E-state index in [0.29, 0.717) is 0 Å². The first-order chi connectivity index (χ1) is 11.9. The highest BCUT2D eigenvalue weighted by molar-refractivity contribution is 6.30. The second-order valence-corrected chi connectivity index (χ2v) is 6.62. The van der Waals surface area contributed by atoms with Gasteiger partial charge in [-0.2, -0.15) is 0 Å². The lowest BCUT2D eigenvalue weighted by atomic mass is 9.90. The largest absolute Gasteiger partial charge is 0.631 e. The lowest BCUT2D eigenvalue weighted by Gasteiger charge is -2.31. The van der Waals surface area contributed by atoms with Crippen LogP contribution in [-0.4, -0.2) is 43.8 Å². The summed E-state index contributed by atoms with van der Waals surface area (Å²) in [6.45, 7) is 6.31. The molecular weight excluding hydrogens is 331 g/mol. The summed E-state index contributed by atoms with van der Waals surface area (Å²) in [5.41, 5.74) is 0.452. The van der Waals surface area contributed by atoms with Gasteiger partial charge in [0, 0.05) is 0 Å². The predicted molar refractivity (Wildman–Crippen MR) is 107 cm³/mol. The lowest BCUT2D eigenvalue weighted by Crippen LogP contribution is -2.44. The van der Waals surface area contributed by atoms with Gasteiger partial charge < -0.3 is 25.3 Å². The third-order valence-electron chi connectivity index (χ3n) is 3.56. The van der Waals surface area contributed by atoms with Gasteiger partial charge in [-0.25, -0.2) is 0 Å². The van der Waals surface area contributed by atoms with Gasteiger partial charge in [-0.1, -0.05) is 72.8 Å². The van der Waals surface area contributed by atoms with Gasteiger partial charge >= 0.3 is 7.32 Å². The number of hydrogen-bond acceptors (Lipinski definition) is 5. The van der Waals surface area contributed by atoms with Crippen molar-refractivity contribution in [3.63, 3.8) is 0 Å². The molecular formula is C20H29BO5. The van der Waals surface area contributed by atoms with Crippen LogP contribution in [0, 0.1) is 0 Å². The third-order valence-corrected chi connectivity index (χ3v) is 3.56. The van der Waals surface area contributed by atoms with Gasteiger partial charge in [0.25, 0.3) is 0 Å². The topological polar surface area (TPSA) is 101 Å². The van der Waals surface area contributed by atoms with E-state index in [-0.39, 0.29) is 0 Å². The van der Waals surface area contributed by atoms with Crippen molar-refractivity contribution in [2.75, 3.05) is 0 Å². The fourth-order valence-corrected chi connectivity index (χ4v) is 1.32. The lowest BCUT2D eigenvalue weighted by molar-refractivity contribution is -0.107. The number of rotatable bonds is 3. The fourth-order valence-electron chi connectivity index (χ4n) is 1.32. The monoisotopic (exact) mass is 360 g/mol. The van der Waals surface area contributed by atoms with Crippen LogP contribution in [0.5, 0.6) is 0 Å². The van der Waals surface area contributed by atoms with Crippen LogP contribution in [-0.2, 0) is 0 Å². The van der Waals surface area contributed by atoms with Crippen LogP contribution in [0.15, 0.2) is 60.7 Å². The highest BCUT2D eigenvalue weighted by atomic mass is 16.5. The van der Waals surface area contributed by atoms with Crippen LogP contribution >= 0.6 is 0 Å². The zero-order valence-electron chi connectivity index (χ0n) is 15.7. The van der Waals surface area contributed by atoms with Crippen molar-refractivity contribution in [3.8, 4) is 0 Å². The Bertz CT molecular complexity index is 558. The molecule has 0 aliphatic heterocycles. The first kappa shape index (κ1) is 24.0. The maximum Gasteiger partial charge on any atom is 0.631 e. The molecule has 0 aromatic heterocycles. The molecule has 0 spiro atoms. The third kappa shape index (κ3) is 12.4. The Morgan fingerprint density at radius 3 is 1.04 bits per heavy atom. The average molecular weight is 360 g/mol. The molecule has 2 rings (SSSR count). The Labute approximate surface area is 156 Å². The van der Waals surface area contributed by atoms with E-state index in [1.807, 2.05) is 36.4 Å². The maximum absolute atomic E-state index is 9.10. The molecule has 26 heavy (non-hydrogen) atoms. The molecule has 0 saturated heterocycles. The molecule has 5 N–H and O–H groups in total. The van der Waals surface area contributed by atoms with E-state index in [1.165, 1.54) is 11.1 Å². The highest BCUT2D eigenvalue weighted by Crippen LogP contribution is 2.19. The highest BCUT2D eigenvalue weighted by Gasteiger charge is 2.31. The quantitative estimate of drug-likeness (QED) is 0.427. The summed E-state index contributed by atoms with van der Waals surface area (Å²) in [4.78, 5) is 0. The van der Waals surface area contributed by atoms with Crippen molar-refractivity contribution in [3.05, 3.63) is 71.8 Å². The zero-order chi connectivity index (χ0) is 20.2. The smallest absolute Gasteiger partial charge is 0.402 e. The Hall–Kier alpha value is -1.96. The number of hydrogen-bond donors (Lipinski definition) is 5. The Balaban J connectivity index is 0.000000444. The SMILES string of the molecule is C(=C/c1ccccc1)/c1ccccc1.CC(C)(O)C(C)(C)O.OB(O)O. The molecule has 0 aliphatic rings. The first-order valence-electron chi connectivity index (χ1n) is 8.20. The van der Waals surface area contributed by atoms with Gasteiger partial charge in [0.2, 0.25) is 0 Å². The van der Waals surface area contributed by atoms with Gasteiger partial charge in [0.1, 0.15) is 0 Å². The number of benzene rings is 2. The predicted octanol–water partition coefficient (Wildman–Crippen LogP) is 2.33. The van der Waals surface area contributed by atoms with E-state index in [9.17, 15) is 0 Å². The van der Waals surface area contributed by atoms with Gasteiger partial charge in [-0.15, -0.1) is 0 Å². The Kier molecular flexibility index (Phi) is 10.7. The summed E-state index contributed by atoms with van der Waals surface area (Å²) in [6.07, 6.45) is 4.24. The molecule has 0 saturated carbocycles. The Morgan fingerprint density at radius 2 is 0.846 bits per heavy atom. The standard InChI is InChI=1S/C14H12.C6H14O2.BH3O3/c1-3-7-13(8-4-1)11-12-14-9-5-2-6-10-14;1-5(2,7)6(3,4)8;2-1(3)4/h1-12H;7-8H,1-4H3;2-4H/b12-11-;;. The van der Waals surface area contributed by atoms with E-state index in [2.05, 4.69) is 36.4 Å². The molecule has 0 bridgehead atoms. The molecule has 2 aromatic rings. The molecule has 5 nitrogen and oxygen atoms in total. The van der Waals surface area contributed by atoms with E-state index >= 15 is 0 Å². The summed E-state index contributed by atoms with van der Waals surface area (Å²) < 4.78 is 0. The van der Waals surface area contributed by atoms with Crippen LogP contribution in [0.4, 0.5) is 0 Å². The van der Waals surface area contributed by atoms with Gasteiger partial charge in [0.05, 0.1) is 11.2 Å². The minimum atomic E-state index is -2.17. The molecule has 0 heterocycles. The summed E-state index contributed by atoms with van der Waals surface area (Å²) in [7, 11) is -2.17.